The number of carbonyl (C=O) groups is 1. The van der Waals surface area contributed by atoms with E-state index in [1.807, 2.05) is 30.4 Å². The summed E-state index contributed by atoms with van der Waals surface area (Å²) in [4.78, 5) is 10.9. The normalized spacial score (nSPS) is 19.2. The van der Waals surface area contributed by atoms with E-state index >= 15 is 0 Å². The molecule has 1 aromatic carbocycles. The average molecular weight is 255 g/mol. The van der Waals surface area contributed by atoms with E-state index in [0.717, 1.165) is 16.8 Å². The number of phenols is 1. The third-order valence-corrected chi connectivity index (χ3v) is 3.34. The first-order chi connectivity index (χ1) is 9.15. The molecule has 2 aliphatic rings. The first kappa shape index (κ1) is 11.6. The number of aromatic hydroxyl groups is 1. The fourth-order valence-electron chi connectivity index (χ4n) is 2.44. The standard InChI is InChI=1S/C15H13NO3/c17-14-6-5-13-10(11(14)8-15(18)19)7-9-3-1-2-4-12(9)16-13/h1-7,12,16-17H,8H2,(H,18,19). The summed E-state index contributed by atoms with van der Waals surface area (Å²) in [6, 6.07) is 3.42. The van der Waals surface area contributed by atoms with E-state index in [2.05, 4.69) is 5.32 Å². The number of allylic oxidation sites excluding steroid dienone is 2. The summed E-state index contributed by atoms with van der Waals surface area (Å²) in [5.74, 6) is -0.933. The Bertz CT molecular complexity index is 641. The van der Waals surface area contributed by atoms with Crippen molar-refractivity contribution in [3.05, 3.63) is 53.1 Å². The molecule has 0 fully saturated rings. The second-order valence-electron chi connectivity index (χ2n) is 4.61. The molecule has 4 heteroatoms. The highest BCUT2D eigenvalue weighted by Crippen LogP contribution is 2.36. The van der Waals surface area contributed by atoms with Crippen LogP contribution in [0.2, 0.25) is 0 Å². The highest BCUT2D eigenvalue weighted by atomic mass is 16.4. The summed E-state index contributed by atoms with van der Waals surface area (Å²) < 4.78 is 0. The maximum Gasteiger partial charge on any atom is 0.307 e. The van der Waals surface area contributed by atoms with E-state index in [0.29, 0.717) is 5.56 Å². The summed E-state index contributed by atoms with van der Waals surface area (Å²) >= 11 is 0. The van der Waals surface area contributed by atoms with Gasteiger partial charge in [-0.1, -0.05) is 24.3 Å². The Hall–Kier alpha value is -2.49. The number of rotatable bonds is 2. The topological polar surface area (TPSA) is 69.6 Å². The van der Waals surface area contributed by atoms with Crippen molar-refractivity contribution in [3.63, 3.8) is 0 Å². The fourth-order valence-corrected chi connectivity index (χ4v) is 2.44. The molecule has 3 rings (SSSR count). The Morgan fingerprint density at radius 1 is 1.32 bits per heavy atom. The van der Waals surface area contributed by atoms with Crippen LogP contribution >= 0.6 is 0 Å². The number of benzene rings is 1. The SMILES string of the molecule is O=C(O)Cc1c(O)ccc2c1C=C1C=CC=CC1N2. The van der Waals surface area contributed by atoms with E-state index in [1.165, 1.54) is 6.07 Å². The van der Waals surface area contributed by atoms with Gasteiger partial charge in [0.25, 0.3) is 0 Å². The average Bonchev–Trinajstić information content (AvgIpc) is 2.40. The van der Waals surface area contributed by atoms with Crippen molar-refractivity contribution in [2.75, 3.05) is 5.32 Å². The van der Waals surface area contributed by atoms with Crippen LogP contribution < -0.4 is 5.32 Å². The van der Waals surface area contributed by atoms with Crippen molar-refractivity contribution in [2.24, 2.45) is 0 Å². The minimum Gasteiger partial charge on any atom is -0.508 e. The van der Waals surface area contributed by atoms with E-state index in [4.69, 9.17) is 5.11 Å². The number of carboxylic acid groups (broad SMARTS) is 1. The Labute approximate surface area is 110 Å². The van der Waals surface area contributed by atoms with Gasteiger partial charge in [0.05, 0.1) is 12.5 Å². The first-order valence-corrected chi connectivity index (χ1v) is 6.05. The number of phenolic OH excluding ortho intramolecular Hbond substituents is 1. The van der Waals surface area contributed by atoms with Crippen LogP contribution in [-0.2, 0) is 11.2 Å². The summed E-state index contributed by atoms with van der Waals surface area (Å²) in [6.45, 7) is 0. The van der Waals surface area contributed by atoms with Crippen molar-refractivity contribution >= 4 is 17.7 Å². The molecule has 0 amide bonds. The predicted octanol–water partition coefficient (Wildman–Crippen LogP) is 2.32. The number of hydrogen-bond acceptors (Lipinski definition) is 3. The Balaban J connectivity index is 2.13. The molecule has 1 aliphatic heterocycles. The quantitative estimate of drug-likeness (QED) is 0.709. The lowest BCUT2D eigenvalue weighted by molar-refractivity contribution is -0.136. The molecular weight excluding hydrogens is 242 g/mol. The van der Waals surface area contributed by atoms with E-state index < -0.39 is 5.97 Å². The summed E-state index contributed by atoms with van der Waals surface area (Å²) in [5, 5.41) is 22.1. The first-order valence-electron chi connectivity index (χ1n) is 6.05. The Morgan fingerprint density at radius 3 is 2.95 bits per heavy atom. The molecule has 4 nitrogen and oxygen atoms in total. The second-order valence-corrected chi connectivity index (χ2v) is 4.61. The van der Waals surface area contributed by atoms with Crippen LogP contribution in [0.15, 0.2) is 42.0 Å². The van der Waals surface area contributed by atoms with Crippen molar-refractivity contribution in [1.82, 2.24) is 0 Å². The molecule has 0 bridgehead atoms. The van der Waals surface area contributed by atoms with Crippen molar-refractivity contribution in [3.8, 4) is 5.75 Å². The molecule has 0 saturated carbocycles. The minimum atomic E-state index is -0.955. The van der Waals surface area contributed by atoms with Crippen LogP contribution in [0.3, 0.4) is 0 Å². The predicted molar refractivity (Wildman–Crippen MR) is 73.1 cm³/mol. The van der Waals surface area contributed by atoms with Crippen LogP contribution in [0.5, 0.6) is 5.75 Å². The van der Waals surface area contributed by atoms with Gasteiger partial charge in [-0.05, 0) is 23.8 Å². The van der Waals surface area contributed by atoms with Gasteiger partial charge in [0.15, 0.2) is 0 Å². The number of aliphatic carboxylic acids is 1. The molecule has 0 saturated heterocycles. The zero-order valence-electron chi connectivity index (χ0n) is 10.1. The third kappa shape index (κ3) is 2.01. The molecule has 3 N–H and O–H groups in total. The smallest absolute Gasteiger partial charge is 0.307 e. The number of anilines is 1. The number of hydrogen-bond donors (Lipinski definition) is 3. The van der Waals surface area contributed by atoms with E-state index in [9.17, 15) is 9.90 Å². The minimum absolute atomic E-state index is 0.0218. The van der Waals surface area contributed by atoms with Gasteiger partial charge in [-0.25, -0.2) is 0 Å². The molecule has 1 unspecified atom stereocenters. The van der Waals surface area contributed by atoms with Crippen LogP contribution in [-0.4, -0.2) is 22.2 Å². The maximum atomic E-state index is 10.9. The molecule has 1 aliphatic carbocycles. The van der Waals surface area contributed by atoms with Gasteiger partial charge in [0.1, 0.15) is 5.75 Å². The number of nitrogens with one attached hydrogen (secondary N) is 1. The fraction of sp³-hybridized carbons (Fsp3) is 0.133. The highest BCUT2D eigenvalue weighted by molar-refractivity contribution is 5.83. The molecule has 0 aromatic heterocycles. The lowest BCUT2D eigenvalue weighted by atomic mass is 9.90. The summed E-state index contributed by atoms with van der Waals surface area (Å²) in [6.07, 6.45) is 9.68. The van der Waals surface area contributed by atoms with Crippen molar-refractivity contribution < 1.29 is 15.0 Å². The molecule has 0 radical (unpaired) electrons. The van der Waals surface area contributed by atoms with Crippen molar-refractivity contribution in [1.29, 1.82) is 0 Å². The molecule has 0 spiro atoms. The zero-order chi connectivity index (χ0) is 13.4. The maximum absolute atomic E-state index is 10.9. The Kier molecular flexibility index (Phi) is 2.63. The largest absolute Gasteiger partial charge is 0.508 e. The number of fused-ring (bicyclic) bond motifs is 2. The summed E-state index contributed by atoms with van der Waals surface area (Å²) in [5.41, 5.74) is 3.12. The van der Waals surface area contributed by atoms with E-state index in [-0.39, 0.29) is 18.2 Å². The van der Waals surface area contributed by atoms with Gasteiger partial charge in [-0.15, -0.1) is 0 Å². The molecule has 96 valence electrons. The van der Waals surface area contributed by atoms with Crippen LogP contribution in [0, 0.1) is 0 Å². The monoisotopic (exact) mass is 255 g/mol. The van der Waals surface area contributed by atoms with Gasteiger partial charge in [0, 0.05) is 16.8 Å². The summed E-state index contributed by atoms with van der Waals surface area (Å²) in [7, 11) is 0. The molecule has 19 heavy (non-hydrogen) atoms. The van der Waals surface area contributed by atoms with Crippen LogP contribution in [0.25, 0.3) is 6.08 Å². The lowest BCUT2D eigenvalue weighted by Gasteiger charge is -2.27. The van der Waals surface area contributed by atoms with Gasteiger partial charge < -0.3 is 15.5 Å². The van der Waals surface area contributed by atoms with Crippen molar-refractivity contribution in [2.45, 2.75) is 12.5 Å². The lowest BCUT2D eigenvalue weighted by Crippen LogP contribution is -2.24. The molecular formula is C15H13NO3. The van der Waals surface area contributed by atoms with Crippen LogP contribution in [0.4, 0.5) is 5.69 Å². The third-order valence-electron chi connectivity index (χ3n) is 3.34. The highest BCUT2D eigenvalue weighted by Gasteiger charge is 2.22. The van der Waals surface area contributed by atoms with Crippen LogP contribution in [0.1, 0.15) is 11.1 Å². The molecule has 1 atom stereocenters. The second kappa shape index (κ2) is 4.31. The molecule has 1 aromatic rings. The van der Waals surface area contributed by atoms with Gasteiger partial charge in [0.2, 0.25) is 0 Å². The number of carboxylic acids is 1. The molecule has 1 heterocycles. The van der Waals surface area contributed by atoms with Gasteiger partial charge in [-0.3, -0.25) is 4.79 Å². The zero-order valence-corrected chi connectivity index (χ0v) is 10.1. The van der Waals surface area contributed by atoms with E-state index in [1.54, 1.807) is 6.07 Å². The Morgan fingerprint density at radius 2 is 2.16 bits per heavy atom. The van der Waals surface area contributed by atoms with Gasteiger partial charge in [-0.2, -0.15) is 0 Å². The van der Waals surface area contributed by atoms with Gasteiger partial charge >= 0.3 is 5.97 Å².